The smallest absolute Gasteiger partial charge is 0.194 e. The van der Waals surface area contributed by atoms with Gasteiger partial charge in [-0.2, -0.15) is 5.10 Å². The van der Waals surface area contributed by atoms with Crippen LogP contribution < -0.4 is 10.1 Å². The van der Waals surface area contributed by atoms with Gasteiger partial charge in [-0.15, -0.1) is 24.0 Å². The van der Waals surface area contributed by atoms with Crippen LogP contribution in [0.3, 0.4) is 0 Å². The molecule has 0 saturated carbocycles. The van der Waals surface area contributed by atoms with Crippen LogP contribution in [-0.4, -0.2) is 46.9 Å². The van der Waals surface area contributed by atoms with Crippen molar-refractivity contribution in [1.29, 1.82) is 0 Å². The second kappa shape index (κ2) is 11.1. The van der Waals surface area contributed by atoms with Gasteiger partial charge < -0.3 is 15.0 Å². The Kier molecular flexibility index (Phi) is 8.82. The van der Waals surface area contributed by atoms with E-state index in [-0.39, 0.29) is 24.0 Å². The van der Waals surface area contributed by atoms with E-state index in [1.807, 2.05) is 36.1 Å². The molecule has 1 aromatic heterocycles. The fraction of sp³-hybridized carbons (Fsp3) is 0.429. The van der Waals surface area contributed by atoms with Gasteiger partial charge in [0.05, 0.1) is 12.7 Å². The molecule has 152 valence electrons. The van der Waals surface area contributed by atoms with Gasteiger partial charge in [0.1, 0.15) is 12.4 Å². The molecule has 28 heavy (non-hydrogen) atoms. The molecular formula is C21H30IN5O. The first-order chi connectivity index (χ1) is 13.2. The highest BCUT2D eigenvalue weighted by molar-refractivity contribution is 14.0. The number of para-hydroxylation sites is 1. The summed E-state index contributed by atoms with van der Waals surface area (Å²) in [7, 11) is 1.97. The Morgan fingerprint density at radius 1 is 1.43 bits per heavy atom. The Bertz CT molecular complexity index is 789. The van der Waals surface area contributed by atoms with Gasteiger partial charge in [0.2, 0.25) is 0 Å². The molecule has 1 aliphatic heterocycles. The molecule has 1 aromatic carbocycles. The van der Waals surface area contributed by atoms with Gasteiger partial charge in [-0.25, -0.2) is 4.99 Å². The average Bonchev–Trinajstić information content (AvgIpc) is 3.33. The van der Waals surface area contributed by atoms with Crippen LogP contribution in [0.15, 0.2) is 54.3 Å². The highest BCUT2D eigenvalue weighted by Crippen LogP contribution is 2.27. The lowest BCUT2D eigenvalue weighted by Gasteiger charge is -2.21. The normalized spacial score (nSPS) is 16.6. The number of aromatic nitrogens is 2. The maximum Gasteiger partial charge on any atom is 0.194 e. The summed E-state index contributed by atoms with van der Waals surface area (Å²) in [5, 5.41) is 7.74. The zero-order valence-corrected chi connectivity index (χ0v) is 19.0. The van der Waals surface area contributed by atoms with Crippen LogP contribution in [0.1, 0.15) is 30.4 Å². The van der Waals surface area contributed by atoms with E-state index >= 15 is 0 Å². The lowest BCUT2D eigenvalue weighted by atomic mass is 10.0. The minimum Gasteiger partial charge on any atom is -0.489 e. The van der Waals surface area contributed by atoms with Gasteiger partial charge in [-0.05, 0) is 25.0 Å². The topological polar surface area (TPSA) is 54.7 Å². The summed E-state index contributed by atoms with van der Waals surface area (Å²) in [5.74, 6) is 2.33. The van der Waals surface area contributed by atoms with Crippen LogP contribution in [0.2, 0.25) is 0 Å². The highest BCUT2D eigenvalue weighted by atomic mass is 127. The molecule has 1 N–H and O–H groups in total. The van der Waals surface area contributed by atoms with E-state index in [2.05, 4.69) is 41.1 Å². The molecule has 1 atom stereocenters. The van der Waals surface area contributed by atoms with Gasteiger partial charge in [0.15, 0.2) is 5.96 Å². The summed E-state index contributed by atoms with van der Waals surface area (Å²) < 4.78 is 7.62. The number of likely N-dealkylation sites (tertiary alicyclic amines) is 1. The van der Waals surface area contributed by atoms with Crippen molar-refractivity contribution in [3.8, 4) is 5.75 Å². The molecule has 0 bridgehead atoms. The summed E-state index contributed by atoms with van der Waals surface area (Å²) in [6, 6.07) is 8.05. The third kappa shape index (κ3) is 5.73. The monoisotopic (exact) mass is 495 g/mol. The first-order valence-electron chi connectivity index (χ1n) is 9.54. The molecule has 1 saturated heterocycles. The molecule has 6 nitrogen and oxygen atoms in total. The quantitative estimate of drug-likeness (QED) is 0.276. The van der Waals surface area contributed by atoms with Crippen LogP contribution in [0.25, 0.3) is 0 Å². The van der Waals surface area contributed by atoms with Crippen molar-refractivity contribution in [3.05, 3.63) is 60.4 Å². The van der Waals surface area contributed by atoms with Gasteiger partial charge in [-0.1, -0.05) is 30.9 Å². The zero-order valence-electron chi connectivity index (χ0n) is 16.7. The van der Waals surface area contributed by atoms with Crippen molar-refractivity contribution in [1.82, 2.24) is 20.0 Å². The standard InChI is InChI=1S/C21H29N5O.HI/c1-4-12-27-20-9-7-6-8-17(20)13-23-21(22-5-2)26-11-10-18(16-26)19-14-24-25(3)15-19;/h4,6-9,14-15,18H,1,5,10-13,16H2,2-3H3,(H,22,23);1H. The number of guanidine groups is 1. The van der Waals surface area contributed by atoms with Gasteiger partial charge in [0, 0.05) is 44.4 Å². The lowest BCUT2D eigenvalue weighted by Crippen LogP contribution is -2.40. The Balaban J connectivity index is 0.00000280. The number of benzene rings is 1. The maximum absolute atomic E-state index is 5.75. The van der Waals surface area contributed by atoms with Crippen molar-refractivity contribution in [2.45, 2.75) is 25.8 Å². The number of aryl methyl sites for hydroxylation is 1. The SMILES string of the molecule is C=CCOc1ccccc1CN=C(NCC)N1CCC(c2cnn(C)c2)C1.I. The molecule has 7 heteroatoms. The molecule has 0 spiro atoms. The molecule has 2 heterocycles. The number of hydrogen-bond acceptors (Lipinski definition) is 3. The van der Waals surface area contributed by atoms with Gasteiger partial charge >= 0.3 is 0 Å². The maximum atomic E-state index is 5.75. The van der Waals surface area contributed by atoms with Crippen LogP contribution in [-0.2, 0) is 13.6 Å². The van der Waals surface area contributed by atoms with Crippen molar-refractivity contribution < 1.29 is 4.74 Å². The Morgan fingerprint density at radius 3 is 2.96 bits per heavy atom. The predicted octanol–water partition coefficient (Wildman–Crippen LogP) is 3.56. The van der Waals surface area contributed by atoms with Crippen molar-refractivity contribution in [2.24, 2.45) is 12.0 Å². The molecule has 0 radical (unpaired) electrons. The molecule has 1 fully saturated rings. The van der Waals surface area contributed by atoms with E-state index in [1.54, 1.807) is 6.08 Å². The van der Waals surface area contributed by atoms with E-state index in [0.29, 0.717) is 19.1 Å². The number of hydrogen-bond donors (Lipinski definition) is 1. The van der Waals surface area contributed by atoms with Crippen LogP contribution in [0, 0.1) is 0 Å². The molecule has 1 aliphatic rings. The fourth-order valence-corrected chi connectivity index (χ4v) is 3.39. The van der Waals surface area contributed by atoms with E-state index in [0.717, 1.165) is 43.3 Å². The molecule has 2 aromatic rings. The predicted molar refractivity (Wildman–Crippen MR) is 125 cm³/mol. The molecule has 1 unspecified atom stereocenters. The number of rotatable bonds is 7. The van der Waals surface area contributed by atoms with Crippen LogP contribution in [0.5, 0.6) is 5.75 Å². The first-order valence-corrected chi connectivity index (χ1v) is 9.54. The summed E-state index contributed by atoms with van der Waals surface area (Å²) in [6.45, 7) is 9.72. The second-order valence-corrected chi connectivity index (χ2v) is 6.76. The number of nitrogens with one attached hydrogen (secondary N) is 1. The molecular weight excluding hydrogens is 465 g/mol. The fourth-order valence-electron chi connectivity index (χ4n) is 3.39. The largest absolute Gasteiger partial charge is 0.489 e. The average molecular weight is 495 g/mol. The summed E-state index contributed by atoms with van der Waals surface area (Å²) in [5.41, 5.74) is 2.39. The second-order valence-electron chi connectivity index (χ2n) is 6.76. The van der Waals surface area contributed by atoms with E-state index in [4.69, 9.17) is 9.73 Å². The van der Waals surface area contributed by atoms with E-state index < -0.39 is 0 Å². The number of aliphatic imine (C=N–C) groups is 1. The first kappa shape index (κ1) is 22.3. The molecule has 0 amide bonds. The Hall–Kier alpha value is -2.03. The minimum absolute atomic E-state index is 0. The van der Waals surface area contributed by atoms with Crippen molar-refractivity contribution in [3.63, 3.8) is 0 Å². The highest BCUT2D eigenvalue weighted by Gasteiger charge is 2.26. The van der Waals surface area contributed by atoms with E-state index in [9.17, 15) is 0 Å². The number of halogens is 1. The van der Waals surface area contributed by atoms with Crippen LogP contribution in [0.4, 0.5) is 0 Å². The van der Waals surface area contributed by atoms with E-state index in [1.165, 1.54) is 5.56 Å². The van der Waals surface area contributed by atoms with Gasteiger partial charge in [0.25, 0.3) is 0 Å². The molecule has 0 aliphatic carbocycles. The summed E-state index contributed by atoms with van der Waals surface area (Å²) in [4.78, 5) is 7.21. The molecule has 3 rings (SSSR count). The van der Waals surface area contributed by atoms with Crippen LogP contribution >= 0.6 is 24.0 Å². The van der Waals surface area contributed by atoms with Crippen molar-refractivity contribution in [2.75, 3.05) is 26.2 Å². The third-order valence-corrected chi connectivity index (χ3v) is 4.75. The Labute approximate surface area is 184 Å². The lowest BCUT2D eigenvalue weighted by molar-refractivity contribution is 0.359. The summed E-state index contributed by atoms with van der Waals surface area (Å²) >= 11 is 0. The van der Waals surface area contributed by atoms with Gasteiger partial charge in [-0.3, -0.25) is 4.68 Å². The number of ether oxygens (including phenoxy) is 1. The van der Waals surface area contributed by atoms with Crippen molar-refractivity contribution >= 4 is 29.9 Å². The summed E-state index contributed by atoms with van der Waals surface area (Å²) in [6.07, 6.45) is 6.97. The third-order valence-electron chi connectivity index (χ3n) is 4.75. The number of nitrogens with zero attached hydrogens (tertiary/aromatic N) is 4. The minimum atomic E-state index is 0. The zero-order chi connectivity index (χ0) is 19.1. The Morgan fingerprint density at radius 2 is 2.25 bits per heavy atom.